The van der Waals surface area contributed by atoms with Crippen LogP contribution in [0.2, 0.25) is 5.02 Å². The molecule has 2 aromatic carbocycles. The summed E-state index contributed by atoms with van der Waals surface area (Å²) in [5.74, 6) is 1.88. The van der Waals surface area contributed by atoms with E-state index in [1.165, 1.54) is 4.88 Å². The highest BCUT2D eigenvalue weighted by Crippen LogP contribution is 2.32. The number of thiazole rings is 1. The molecular formula is C23H22ClN3OS. The summed E-state index contributed by atoms with van der Waals surface area (Å²) in [6, 6.07) is 16.0. The van der Waals surface area contributed by atoms with Crippen molar-refractivity contribution in [3.63, 3.8) is 0 Å². The summed E-state index contributed by atoms with van der Waals surface area (Å²) in [5.41, 5.74) is 3.24. The maximum absolute atomic E-state index is 6.07. The molecule has 4 aromatic rings. The maximum Gasteiger partial charge on any atom is 0.195 e. The smallest absolute Gasteiger partial charge is 0.195 e. The van der Waals surface area contributed by atoms with Crippen LogP contribution in [0.4, 0.5) is 0 Å². The zero-order chi connectivity index (χ0) is 20.2. The third-order valence-electron chi connectivity index (χ3n) is 4.73. The maximum atomic E-state index is 6.07. The molecule has 0 aliphatic rings. The summed E-state index contributed by atoms with van der Waals surface area (Å²) in [7, 11) is 0. The lowest BCUT2D eigenvalue weighted by molar-refractivity contribution is 0.309. The third kappa shape index (κ3) is 4.52. The lowest BCUT2D eigenvalue weighted by atomic mass is 10.1. The van der Waals surface area contributed by atoms with Crippen LogP contribution < -0.4 is 4.74 Å². The van der Waals surface area contributed by atoms with E-state index in [2.05, 4.69) is 18.0 Å². The van der Waals surface area contributed by atoms with E-state index in [1.54, 1.807) is 17.5 Å². The molecule has 0 bridgehead atoms. The Morgan fingerprint density at radius 2 is 1.86 bits per heavy atom. The SMILES string of the molecule is Cc1ccccc1OCCCc1sc(-n2ccnc2C)nc1-c1ccc(Cl)cc1. The highest BCUT2D eigenvalue weighted by molar-refractivity contribution is 7.14. The van der Waals surface area contributed by atoms with Gasteiger partial charge in [0.05, 0.1) is 12.3 Å². The zero-order valence-corrected chi connectivity index (χ0v) is 18.0. The van der Waals surface area contributed by atoms with E-state index in [0.29, 0.717) is 6.61 Å². The van der Waals surface area contributed by atoms with Gasteiger partial charge in [-0.05, 0) is 50.5 Å². The van der Waals surface area contributed by atoms with Crippen LogP contribution in [0.1, 0.15) is 22.7 Å². The standard InChI is InChI=1S/C23H22ClN3OS/c1-16-6-3-4-7-20(16)28-15-5-8-21-22(18-9-11-19(24)12-10-18)26-23(29-21)27-14-13-25-17(27)2/h3-4,6-7,9-14H,5,8,15H2,1-2H3. The summed E-state index contributed by atoms with van der Waals surface area (Å²) in [6.45, 7) is 4.72. The van der Waals surface area contributed by atoms with Gasteiger partial charge in [0.2, 0.25) is 0 Å². The van der Waals surface area contributed by atoms with E-state index >= 15 is 0 Å². The number of aryl methyl sites for hydroxylation is 3. The van der Waals surface area contributed by atoms with Gasteiger partial charge in [-0.2, -0.15) is 0 Å². The summed E-state index contributed by atoms with van der Waals surface area (Å²) >= 11 is 7.78. The first-order chi connectivity index (χ1) is 14.1. The monoisotopic (exact) mass is 423 g/mol. The number of aromatic nitrogens is 3. The van der Waals surface area contributed by atoms with E-state index in [0.717, 1.165) is 51.4 Å². The van der Waals surface area contributed by atoms with Gasteiger partial charge in [-0.1, -0.05) is 41.9 Å². The minimum atomic E-state index is 0.669. The number of hydrogen-bond acceptors (Lipinski definition) is 4. The Bertz CT molecular complexity index is 1100. The Balaban J connectivity index is 1.54. The molecular weight excluding hydrogens is 402 g/mol. The van der Waals surface area contributed by atoms with Gasteiger partial charge in [-0.15, -0.1) is 11.3 Å². The van der Waals surface area contributed by atoms with Crippen LogP contribution in [-0.4, -0.2) is 21.1 Å². The molecule has 6 heteroatoms. The molecule has 2 heterocycles. The predicted octanol–water partition coefficient (Wildman–Crippen LogP) is 6.28. The average molecular weight is 424 g/mol. The lowest BCUT2D eigenvalue weighted by Crippen LogP contribution is -2.00. The number of ether oxygens (including phenoxy) is 1. The molecule has 4 nitrogen and oxygen atoms in total. The van der Waals surface area contributed by atoms with Crippen molar-refractivity contribution in [3.8, 4) is 22.1 Å². The lowest BCUT2D eigenvalue weighted by Gasteiger charge is -2.08. The fourth-order valence-electron chi connectivity index (χ4n) is 3.16. The number of nitrogens with zero attached hydrogens (tertiary/aromatic N) is 3. The van der Waals surface area contributed by atoms with Crippen LogP contribution in [0.15, 0.2) is 60.9 Å². The number of hydrogen-bond donors (Lipinski definition) is 0. The molecule has 0 radical (unpaired) electrons. The zero-order valence-electron chi connectivity index (χ0n) is 16.4. The highest BCUT2D eigenvalue weighted by atomic mass is 35.5. The second kappa shape index (κ2) is 8.80. The van der Waals surface area contributed by atoms with E-state index < -0.39 is 0 Å². The number of para-hydroxylation sites is 1. The number of rotatable bonds is 7. The fourth-order valence-corrected chi connectivity index (χ4v) is 4.44. The van der Waals surface area contributed by atoms with Crippen LogP contribution >= 0.6 is 22.9 Å². The van der Waals surface area contributed by atoms with Crippen molar-refractivity contribution in [1.82, 2.24) is 14.5 Å². The molecule has 0 saturated heterocycles. The molecule has 0 aliphatic carbocycles. The van der Waals surface area contributed by atoms with Crippen molar-refractivity contribution < 1.29 is 4.74 Å². The van der Waals surface area contributed by atoms with Crippen molar-refractivity contribution >= 4 is 22.9 Å². The summed E-state index contributed by atoms with van der Waals surface area (Å²) in [4.78, 5) is 10.5. The minimum absolute atomic E-state index is 0.669. The molecule has 29 heavy (non-hydrogen) atoms. The molecule has 0 unspecified atom stereocenters. The van der Waals surface area contributed by atoms with Crippen LogP contribution in [0.3, 0.4) is 0 Å². The van der Waals surface area contributed by atoms with Crippen LogP contribution in [-0.2, 0) is 6.42 Å². The van der Waals surface area contributed by atoms with E-state index in [1.807, 2.05) is 60.2 Å². The second-order valence-electron chi connectivity index (χ2n) is 6.84. The molecule has 0 fully saturated rings. The summed E-state index contributed by atoms with van der Waals surface area (Å²) in [5, 5.41) is 1.66. The second-order valence-corrected chi connectivity index (χ2v) is 8.34. The van der Waals surface area contributed by atoms with Gasteiger partial charge in [0, 0.05) is 27.9 Å². The average Bonchev–Trinajstić information content (AvgIpc) is 3.33. The first-order valence-electron chi connectivity index (χ1n) is 9.56. The largest absolute Gasteiger partial charge is 0.493 e. The number of halogens is 1. The third-order valence-corrected chi connectivity index (χ3v) is 6.10. The van der Waals surface area contributed by atoms with Gasteiger partial charge in [-0.25, -0.2) is 9.97 Å². The van der Waals surface area contributed by atoms with Gasteiger partial charge in [0.25, 0.3) is 0 Å². The fraction of sp³-hybridized carbons (Fsp3) is 0.217. The molecule has 0 atom stereocenters. The van der Waals surface area contributed by atoms with Crippen molar-refractivity contribution in [1.29, 1.82) is 0 Å². The molecule has 148 valence electrons. The minimum Gasteiger partial charge on any atom is -0.493 e. The molecule has 0 spiro atoms. The van der Waals surface area contributed by atoms with Crippen LogP contribution in [0.25, 0.3) is 16.4 Å². The van der Waals surface area contributed by atoms with Crippen LogP contribution in [0, 0.1) is 13.8 Å². The molecule has 0 saturated carbocycles. The van der Waals surface area contributed by atoms with Crippen molar-refractivity contribution in [2.45, 2.75) is 26.7 Å². The van der Waals surface area contributed by atoms with Gasteiger partial charge in [-0.3, -0.25) is 4.57 Å². The highest BCUT2D eigenvalue weighted by Gasteiger charge is 2.15. The number of imidazole rings is 1. The van der Waals surface area contributed by atoms with Crippen molar-refractivity contribution in [2.75, 3.05) is 6.61 Å². The van der Waals surface area contributed by atoms with Gasteiger partial charge in [0.1, 0.15) is 11.6 Å². The van der Waals surface area contributed by atoms with Gasteiger partial charge >= 0.3 is 0 Å². The molecule has 0 aliphatic heterocycles. The Morgan fingerprint density at radius 1 is 1.07 bits per heavy atom. The van der Waals surface area contributed by atoms with E-state index in [9.17, 15) is 0 Å². The Kier molecular flexibility index (Phi) is 5.97. The molecule has 4 rings (SSSR count). The first kappa shape index (κ1) is 19.7. The van der Waals surface area contributed by atoms with E-state index in [4.69, 9.17) is 21.3 Å². The topological polar surface area (TPSA) is 39.9 Å². The first-order valence-corrected chi connectivity index (χ1v) is 10.8. The normalized spacial score (nSPS) is 11.0. The Hall–Kier alpha value is -2.63. The summed E-state index contributed by atoms with van der Waals surface area (Å²) < 4.78 is 7.99. The predicted molar refractivity (Wildman–Crippen MR) is 119 cm³/mol. The molecule has 0 N–H and O–H groups in total. The van der Waals surface area contributed by atoms with Crippen molar-refractivity contribution in [3.05, 3.63) is 82.2 Å². The Labute approximate surface area is 179 Å². The van der Waals surface area contributed by atoms with Crippen molar-refractivity contribution in [2.24, 2.45) is 0 Å². The van der Waals surface area contributed by atoms with E-state index in [-0.39, 0.29) is 0 Å². The molecule has 2 aromatic heterocycles. The number of benzene rings is 2. The van der Waals surface area contributed by atoms with Crippen LogP contribution in [0.5, 0.6) is 5.75 Å². The summed E-state index contributed by atoms with van der Waals surface area (Å²) in [6.07, 6.45) is 5.56. The van der Waals surface area contributed by atoms with Gasteiger partial charge < -0.3 is 4.74 Å². The Morgan fingerprint density at radius 3 is 2.59 bits per heavy atom. The quantitative estimate of drug-likeness (QED) is 0.328. The molecule has 0 amide bonds. The van der Waals surface area contributed by atoms with Gasteiger partial charge in [0.15, 0.2) is 5.13 Å².